The van der Waals surface area contributed by atoms with E-state index in [0.29, 0.717) is 35.3 Å². The highest BCUT2D eigenvalue weighted by atomic mass is 32.2. The summed E-state index contributed by atoms with van der Waals surface area (Å²) in [5.41, 5.74) is 12.3. The van der Waals surface area contributed by atoms with Crippen LogP contribution in [0.15, 0.2) is 137 Å². The largest absolute Gasteiger partial charge is 0.399 e. The van der Waals surface area contributed by atoms with Gasteiger partial charge in [-0.3, -0.25) is 19.2 Å². The summed E-state index contributed by atoms with van der Waals surface area (Å²) in [6.45, 7) is 3.63. The van der Waals surface area contributed by atoms with Crippen molar-refractivity contribution in [2.45, 2.75) is 36.5 Å². The fourth-order valence-corrected chi connectivity index (χ4v) is 9.07. The summed E-state index contributed by atoms with van der Waals surface area (Å²) in [4.78, 5) is 56.6. The van der Waals surface area contributed by atoms with Gasteiger partial charge >= 0.3 is 0 Å². The zero-order valence-corrected chi connectivity index (χ0v) is 30.2. The van der Waals surface area contributed by atoms with E-state index in [1.54, 1.807) is 60.7 Å². The summed E-state index contributed by atoms with van der Waals surface area (Å²) in [7, 11) is -4.13. The van der Waals surface area contributed by atoms with Crippen molar-refractivity contribution in [2.75, 3.05) is 15.5 Å². The van der Waals surface area contributed by atoms with Crippen LogP contribution in [0.25, 0.3) is 22.3 Å². The third kappa shape index (κ3) is 5.50. The molecule has 0 aliphatic carbocycles. The molecule has 8 rings (SSSR count). The molecule has 0 saturated carbocycles. The lowest BCUT2D eigenvalue weighted by Gasteiger charge is -2.21. The summed E-state index contributed by atoms with van der Waals surface area (Å²) in [6, 6.07) is 35.9. The first-order valence-electron chi connectivity index (χ1n) is 17.5. The molecule has 4 amide bonds. The topological polar surface area (TPSA) is 135 Å². The van der Waals surface area contributed by atoms with Gasteiger partial charge in [-0.15, -0.1) is 0 Å². The molecule has 2 aliphatic rings. The maximum Gasteiger partial charge on any atom is 0.266 e. The van der Waals surface area contributed by atoms with Gasteiger partial charge in [-0.2, -0.15) is 0 Å². The Labute approximate surface area is 312 Å². The molecule has 2 heterocycles. The lowest BCUT2D eigenvalue weighted by molar-refractivity contribution is 0.0910. The minimum Gasteiger partial charge on any atom is -0.399 e. The first-order valence-corrected chi connectivity index (χ1v) is 19.0. The molecule has 2 aliphatic heterocycles. The van der Waals surface area contributed by atoms with Crippen LogP contribution in [0.3, 0.4) is 0 Å². The van der Waals surface area contributed by atoms with E-state index in [1.165, 1.54) is 24.3 Å². The monoisotopic (exact) mass is 731 g/mol. The van der Waals surface area contributed by atoms with Crippen molar-refractivity contribution in [3.8, 4) is 22.3 Å². The molecule has 0 aromatic heterocycles. The molecular weight excluding hydrogens is 699 g/mol. The number of anilines is 3. The molecule has 0 unspecified atom stereocenters. The smallest absolute Gasteiger partial charge is 0.266 e. The average Bonchev–Trinajstić information content (AvgIpc) is 3.60. The summed E-state index contributed by atoms with van der Waals surface area (Å²) in [5.74, 6) is -1.96. The molecule has 0 radical (unpaired) electrons. The van der Waals surface area contributed by atoms with Crippen LogP contribution in [-0.4, -0.2) is 32.0 Å². The number of carbonyl (C=O) groups excluding carboxylic acids is 4. The van der Waals surface area contributed by atoms with Gasteiger partial charge in [0.1, 0.15) is 0 Å². The fourth-order valence-electron chi connectivity index (χ4n) is 7.24. The molecule has 6 aromatic rings. The van der Waals surface area contributed by atoms with Crippen molar-refractivity contribution in [3.63, 3.8) is 0 Å². The molecule has 0 fully saturated rings. The SMILES string of the molecule is CCc1cc(N2C(=O)c3ccc(-c4ccc(N)cc4)cc3C2=O)cc(CC)c1S(=O)(=O)c1ccc(N2C(=O)c3ccc(-c4ccccc4)cc3C2=O)cc1. The molecule has 0 bridgehead atoms. The first kappa shape index (κ1) is 34.4. The van der Waals surface area contributed by atoms with Gasteiger partial charge in [0.25, 0.3) is 23.6 Å². The number of nitrogens with two attached hydrogens (primary N) is 1. The Bertz CT molecular complexity index is 2650. The Morgan fingerprint density at radius 1 is 0.481 bits per heavy atom. The van der Waals surface area contributed by atoms with Crippen LogP contribution < -0.4 is 15.5 Å². The Morgan fingerprint density at radius 3 is 1.43 bits per heavy atom. The average molecular weight is 732 g/mol. The number of hydrogen-bond acceptors (Lipinski definition) is 7. The number of nitrogens with zero attached hydrogens (tertiary/aromatic N) is 2. The number of sulfone groups is 1. The van der Waals surface area contributed by atoms with E-state index in [-0.39, 0.29) is 37.7 Å². The molecule has 6 aromatic carbocycles. The standard InChI is InChI=1S/C44H33N3O6S/c1-3-26-22-34(47-42(49)37-21-13-31(25-39(37)44(47)51)29-10-14-32(45)15-11-29)23-27(4-2)40(26)54(52,53)35-18-16-33(17-19-35)46-41(48)36-20-12-30(24-38(36)43(46)50)28-8-6-5-7-9-28/h5-25H,3-4,45H2,1-2H3. The maximum atomic E-state index is 14.3. The number of fused-ring (bicyclic) bond motifs is 2. The second-order valence-electron chi connectivity index (χ2n) is 13.2. The number of aryl methyl sites for hydroxylation is 2. The van der Waals surface area contributed by atoms with E-state index < -0.39 is 33.5 Å². The molecule has 10 heteroatoms. The highest BCUT2D eigenvalue weighted by molar-refractivity contribution is 7.91. The van der Waals surface area contributed by atoms with Gasteiger partial charge in [0, 0.05) is 5.69 Å². The predicted molar refractivity (Wildman–Crippen MR) is 208 cm³/mol. The second-order valence-corrected chi connectivity index (χ2v) is 15.1. The number of nitrogen functional groups attached to an aromatic ring is 1. The summed E-state index contributed by atoms with van der Waals surface area (Å²) >= 11 is 0. The Morgan fingerprint density at radius 2 is 0.926 bits per heavy atom. The lowest BCUT2D eigenvalue weighted by atomic mass is 10.00. The number of rotatable bonds is 8. The van der Waals surface area contributed by atoms with Gasteiger partial charge in [0.05, 0.1) is 43.4 Å². The Hall–Kier alpha value is -6.65. The van der Waals surface area contributed by atoms with Gasteiger partial charge in [0.2, 0.25) is 9.84 Å². The van der Waals surface area contributed by atoms with Crippen molar-refractivity contribution in [1.82, 2.24) is 0 Å². The molecule has 54 heavy (non-hydrogen) atoms. The number of amides is 4. The van der Waals surface area contributed by atoms with Crippen LogP contribution >= 0.6 is 0 Å². The third-order valence-corrected chi connectivity index (χ3v) is 12.0. The maximum absolute atomic E-state index is 14.3. The minimum atomic E-state index is -4.13. The second kappa shape index (κ2) is 13.1. The van der Waals surface area contributed by atoms with Gasteiger partial charge in [-0.25, -0.2) is 18.2 Å². The highest BCUT2D eigenvalue weighted by Crippen LogP contribution is 2.38. The number of hydrogen-bond donors (Lipinski definition) is 1. The highest BCUT2D eigenvalue weighted by Gasteiger charge is 2.39. The predicted octanol–water partition coefficient (Wildman–Crippen LogP) is 8.16. The van der Waals surface area contributed by atoms with E-state index in [0.717, 1.165) is 32.1 Å². The molecular formula is C44H33N3O6S. The van der Waals surface area contributed by atoms with Crippen LogP contribution in [-0.2, 0) is 22.7 Å². The third-order valence-electron chi connectivity index (χ3n) is 10.0. The van der Waals surface area contributed by atoms with E-state index in [4.69, 9.17) is 5.73 Å². The van der Waals surface area contributed by atoms with Crippen molar-refractivity contribution >= 4 is 50.5 Å². The van der Waals surface area contributed by atoms with Crippen LogP contribution in [0.2, 0.25) is 0 Å². The van der Waals surface area contributed by atoms with Crippen molar-refractivity contribution < 1.29 is 27.6 Å². The van der Waals surface area contributed by atoms with Crippen LogP contribution in [0.4, 0.5) is 17.1 Å². The zero-order chi connectivity index (χ0) is 37.9. The molecule has 0 atom stereocenters. The zero-order valence-electron chi connectivity index (χ0n) is 29.4. The number of carbonyl (C=O) groups is 4. The van der Waals surface area contributed by atoms with Crippen LogP contribution in [0.1, 0.15) is 66.4 Å². The number of imide groups is 2. The van der Waals surface area contributed by atoms with Gasteiger partial charge in [0.15, 0.2) is 0 Å². The summed E-state index contributed by atoms with van der Waals surface area (Å²) in [5, 5.41) is 0. The molecule has 9 nitrogen and oxygen atoms in total. The van der Waals surface area contributed by atoms with E-state index >= 15 is 0 Å². The summed E-state index contributed by atoms with van der Waals surface area (Å²) in [6.07, 6.45) is 0.607. The van der Waals surface area contributed by atoms with E-state index in [9.17, 15) is 27.6 Å². The van der Waals surface area contributed by atoms with E-state index in [2.05, 4.69) is 0 Å². The van der Waals surface area contributed by atoms with Gasteiger partial charge in [-0.05, 0) is 119 Å². The molecule has 0 saturated heterocycles. The normalized spacial score (nSPS) is 13.8. The molecule has 2 N–H and O–H groups in total. The van der Waals surface area contributed by atoms with Gasteiger partial charge in [-0.1, -0.05) is 68.4 Å². The Kier molecular flexibility index (Phi) is 8.34. The molecule has 0 spiro atoms. The van der Waals surface area contributed by atoms with E-state index in [1.807, 2.05) is 56.3 Å². The lowest BCUT2D eigenvalue weighted by Crippen LogP contribution is -2.30. The van der Waals surface area contributed by atoms with Crippen LogP contribution in [0.5, 0.6) is 0 Å². The quantitative estimate of drug-likeness (QED) is 0.123. The summed E-state index contributed by atoms with van der Waals surface area (Å²) < 4.78 is 28.7. The van der Waals surface area contributed by atoms with Crippen molar-refractivity contribution in [3.05, 3.63) is 161 Å². The van der Waals surface area contributed by atoms with Crippen LogP contribution in [0, 0.1) is 0 Å². The first-order chi connectivity index (χ1) is 26.0. The minimum absolute atomic E-state index is 0.0256. The number of benzene rings is 6. The molecule has 266 valence electrons. The van der Waals surface area contributed by atoms with Crippen molar-refractivity contribution in [2.24, 2.45) is 0 Å². The Balaban J connectivity index is 1.09. The van der Waals surface area contributed by atoms with Gasteiger partial charge < -0.3 is 5.73 Å². The fraction of sp³-hybridized carbons (Fsp3) is 0.0909. The van der Waals surface area contributed by atoms with Crippen molar-refractivity contribution in [1.29, 1.82) is 0 Å².